The van der Waals surface area contributed by atoms with Crippen molar-refractivity contribution in [3.8, 4) is 0 Å². The molecule has 0 spiro atoms. The third-order valence-electron chi connectivity index (χ3n) is 3.95. The van der Waals surface area contributed by atoms with Gasteiger partial charge in [-0.25, -0.2) is 0 Å². The Morgan fingerprint density at radius 2 is 2.00 bits per heavy atom. The predicted molar refractivity (Wildman–Crippen MR) is 98.6 cm³/mol. The lowest BCUT2D eigenvalue weighted by Crippen LogP contribution is -2.50. The summed E-state index contributed by atoms with van der Waals surface area (Å²) in [7, 11) is 3.96. The summed E-state index contributed by atoms with van der Waals surface area (Å²) in [5, 5.41) is 7.74. The summed E-state index contributed by atoms with van der Waals surface area (Å²) in [6.07, 6.45) is 1.43. The molecule has 2 aromatic heterocycles. The first-order valence-corrected chi connectivity index (χ1v) is 9.10. The molecule has 0 aliphatic rings. The molecule has 2 unspecified atom stereocenters. The van der Waals surface area contributed by atoms with Crippen molar-refractivity contribution in [3.63, 3.8) is 0 Å². The number of thiophene rings is 1. The van der Waals surface area contributed by atoms with Crippen LogP contribution in [0, 0.1) is 5.92 Å². The van der Waals surface area contributed by atoms with Crippen LogP contribution in [0.4, 0.5) is 0 Å². The van der Waals surface area contributed by atoms with Crippen molar-refractivity contribution in [2.24, 2.45) is 5.92 Å². The molecule has 0 saturated carbocycles. The number of carbonyl (C=O) groups is 2. The quantitative estimate of drug-likeness (QED) is 0.756. The minimum Gasteiger partial charge on any atom is -0.459 e. The van der Waals surface area contributed by atoms with Crippen LogP contribution in [0.5, 0.6) is 0 Å². The summed E-state index contributed by atoms with van der Waals surface area (Å²) >= 11 is 1.66. The maximum absolute atomic E-state index is 12.6. The Bertz CT molecular complexity index is 666. The van der Waals surface area contributed by atoms with Crippen molar-refractivity contribution in [1.82, 2.24) is 15.5 Å². The number of hydrogen-bond acceptors (Lipinski definition) is 5. The number of nitrogens with zero attached hydrogens (tertiary/aromatic N) is 1. The molecule has 0 aromatic carbocycles. The zero-order valence-corrected chi connectivity index (χ0v) is 15.8. The second-order valence-corrected chi connectivity index (χ2v) is 7.39. The lowest BCUT2D eigenvalue weighted by atomic mass is 10.0. The third-order valence-corrected chi connectivity index (χ3v) is 4.92. The van der Waals surface area contributed by atoms with E-state index in [1.807, 2.05) is 39.4 Å². The molecular weight excluding hydrogens is 338 g/mol. The number of rotatable bonds is 8. The average molecular weight is 363 g/mol. The molecule has 0 aliphatic heterocycles. The van der Waals surface area contributed by atoms with Gasteiger partial charge in [0.2, 0.25) is 5.91 Å². The molecule has 136 valence electrons. The van der Waals surface area contributed by atoms with E-state index < -0.39 is 6.04 Å². The van der Waals surface area contributed by atoms with Gasteiger partial charge in [-0.15, -0.1) is 11.3 Å². The normalized spacial score (nSPS) is 13.7. The van der Waals surface area contributed by atoms with Gasteiger partial charge in [0.1, 0.15) is 6.04 Å². The van der Waals surface area contributed by atoms with Gasteiger partial charge in [0.25, 0.3) is 5.91 Å². The fourth-order valence-corrected chi connectivity index (χ4v) is 3.40. The van der Waals surface area contributed by atoms with Crippen LogP contribution in [0.2, 0.25) is 0 Å². The van der Waals surface area contributed by atoms with E-state index in [1.54, 1.807) is 23.5 Å². The Balaban J connectivity index is 1.99. The second-order valence-electron chi connectivity index (χ2n) is 6.41. The molecule has 7 heteroatoms. The van der Waals surface area contributed by atoms with Gasteiger partial charge >= 0.3 is 0 Å². The first-order chi connectivity index (χ1) is 11.9. The molecule has 2 atom stereocenters. The highest BCUT2D eigenvalue weighted by Crippen LogP contribution is 2.22. The zero-order valence-electron chi connectivity index (χ0n) is 15.0. The highest BCUT2D eigenvalue weighted by atomic mass is 32.1. The maximum Gasteiger partial charge on any atom is 0.287 e. The Morgan fingerprint density at radius 3 is 2.52 bits per heavy atom. The van der Waals surface area contributed by atoms with Crippen LogP contribution in [0.15, 0.2) is 40.3 Å². The fraction of sp³-hybridized carbons (Fsp3) is 0.444. The first kappa shape index (κ1) is 19.2. The molecule has 0 saturated heterocycles. The van der Waals surface area contributed by atoms with E-state index in [0.717, 1.165) is 0 Å². The van der Waals surface area contributed by atoms with Crippen LogP contribution in [0.25, 0.3) is 0 Å². The van der Waals surface area contributed by atoms with E-state index in [-0.39, 0.29) is 29.5 Å². The molecule has 6 nitrogen and oxygen atoms in total. The van der Waals surface area contributed by atoms with Crippen molar-refractivity contribution >= 4 is 23.2 Å². The van der Waals surface area contributed by atoms with E-state index in [4.69, 9.17) is 4.42 Å². The molecule has 0 aliphatic carbocycles. The standard InChI is InChI=1S/C18H25N3O3S/c1-12(2)16(20-17(22)14-7-5-9-24-14)18(23)19-11-13(21(3)4)15-8-6-10-25-15/h5-10,12-13,16H,11H2,1-4H3,(H,19,23)(H,20,22). The molecular formula is C18H25N3O3S. The van der Waals surface area contributed by atoms with Gasteiger partial charge in [-0.3, -0.25) is 9.59 Å². The summed E-state index contributed by atoms with van der Waals surface area (Å²) in [6.45, 7) is 4.27. The van der Waals surface area contributed by atoms with E-state index >= 15 is 0 Å². The molecule has 2 heterocycles. The monoisotopic (exact) mass is 363 g/mol. The number of furan rings is 1. The number of likely N-dealkylation sites (N-methyl/N-ethyl adjacent to an activating group) is 1. The third kappa shape index (κ3) is 5.17. The largest absolute Gasteiger partial charge is 0.459 e. The Hall–Kier alpha value is -2.12. The molecule has 0 fully saturated rings. The van der Waals surface area contributed by atoms with Gasteiger partial charge in [-0.05, 0) is 43.6 Å². The van der Waals surface area contributed by atoms with Crippen molar-refractivity contribution in [2.75, 3.05) is 20.6 Å². The van der Waals surface area contributed by atoms with Crippen LogP contribution in [0.1, 0.15) is 35.3 Å². The minimum atomic E-state index is -0.622. The van der Waals surface area contributed by atoms with Gasteiger partial charge in [-0.1, -0.05) is 19.9 Å². The van der Waals surface area contributed by atoms with Crippen LogP contribution in [-0.2, 0) is 4.79 Å². The molecule has 0 bridgehead atoms. The van der Waals surface area contributed by atoms with Crippen LogP contribution in [-0.4, -0.2) is 43.4 Å². The number of carbonyl (C=O) groups excluding carboxylic acids is 2. The van der Waals surface area contributed by atoms with Gasteiger partial charge in [0, 0.05) is 11.4 Å². The molecule has 2 amide bonds. The van der Waals surface area contributed by atoms with Gasteiger partial charge in [0.05, 0.1) is 12.3 Å². The summed E-state index contributed by atoms with van der Waals surface area (Å²) in [6, 6.07) is 6.74. The summed E-state index contributed by atoms with van der Waals surface area (Å²) in [5.41, 5.74) is 0. The van der Waals surface area contributed by atoms with Gasteiger partial charge in [-0.2, -0.15) is 0 Å². The van der Waals surface area contributed by atoms with Crippen molar-refractivity contribution < 1.29 is 14.0 Å². The average Bonchev–Trinajstić information content (AvgIpc) is 3.25. The van der Waals surface area contributed by atoms with E-state index in [9.17, 15) is 9.59 Å². The van der Waals surface area contributed by atoms with Crippen molar-refractivity contribution in [3.05, 3.63) is 46.5 Å². The van der Waals surface area contributed by atoms with Crippen LogP contribution in [0.3, 0.4) is 0 Å². The maximum atomic E-state index is 12.6. The fourth-order valence-electron chi connectivity index (χ4n) is 2.48. The Kier molecular flexibility index (Phi) is 6.78. The summed E-state index contributed by atoms with van der Waals surface area (Å²) in [4.78, 5) is 28.0. The van der Waals surface area contributed by atoms with E-state index in [2.05, 4.69) is 21.6 Å². The topological polar surface area (TPSA) is 74.6 Å². The minimum absolute atomic E-state index is 0.0431. The number of nitrogens with one attached hydrogen (secondary N) is 2. The molecule has 2 rings (SSSR count). The summed E-state index contributed by atoms with van der Waals surface area (Å²) in [5.74, 6) is -0.429. The molecule has 25 heavy (non-hydrogen) atoms. The summed E-state index contributed by atoms with van der Waals surface area (Å²) < 4.78 is 5.09. The number of amides is 2. The van der Waals surface area contributed by atoms with Gasteiger partial charge < -0.3 is 20.0 Å². The van der Waals surface area contributed by atoms with E-state index in [0.29, 0.717) is 6.54 Å². The lowest BCUT2D eigenvalue weighted by Gasteiger charge is -2.26. The molecule has 0 radical (unpaired) electrons. The lowest BCUT2D eigenvalue weighted by molar-refractivity contribution is -0.124. The molecule has 2 aromatic rings. The van der Waals surface area contributed by atoms with Crippen LogP contribution < -0.4 is 10.6 Å². The highest BCUT2D eigenvalue weighted by molar-refractivity contribution is 7.10. The second kappa shape index (κ2) is 8.82. The number of hydrogen-bond donors (Lipinski definition) is 2. The zero-order chi connectivity index (χ0) is 18.4. The Morgan fingerprint density at radius 1 is 1.24 bits per heavy atom. The van der Waals surface area contributed by atoms with E-state index in [1.165, 1.54) is 11.1 Å². The van der Waals surface area contributed by atoms with Crippen molar-refractivity contribution in [1.29, 1.82) is 0 Å². The SMILES string of the molecule is CC(C)C(NC(=O)c1ccco1)C(=O)NCC(c1cccs1)N(C)C. The van der Waals surface area contributed by atoms with Gasteiger partial charge in [0.15, 0.2) is 5.76 Å². The Labute approximate surface area is 152 Å². The molecule has 2 N–H and O–H groups in total. The smallest absolute Gasteiger partial charge is 0.287 e. The first-order valence-electron chi connectivity index (χ1n) is 8.22. The predicted octanol–water partition coefficient (Wildman–Crippen LogP) is 2.51. The van der Waals surface area contributed by atoms with Crippen molar-refractivity contribution in [2.45, 2.75) is 25.9 Å². The highest BCUT2D eigenvalue weighted by Gasteiger charge is 2.26. The van der Waals surface area contributed by atoms with Crippen LogP contribution >= 0.6 is 11.3 Å².